The Labute approximate surface area is 187 Å². The summed E-state index contributed by atoms with van der Waals surface area (Å²) in [5.41, 5.74) is 1.25. The van der Waals surface area contributed by atoms with Crippen LogP contribution in [0.3, 0.4) is 0 Å². The number of benzene rings is 1. The number of aromatic nitrogens is 3. The molecule has 0 fully saturated rings. The van der Waals surface area contributed by atoms with E-state index in [1.165, 1.54) is 6.07 Å². The van der Waals surface area contributed by atoms with Crippen LogP contribution in [0.1, 0.15) is 12.0 Å². The molecule has 0 radical (unpaired) electrons. The van der Waals surface area contributed by atoms with Crippen molar-refractivity contribution in [1.29, 1.82) is 0 Å². The zero-order valence-corrected chi connectivity index (χ0v) is 18.6. The van der Waals surface area contributed by atoms with E-state index in [2.05, 4.69) is 46.4 Å². The van der Waals surface area contributed by atoms with Gasteiger partial charge in [-0.2, -0.15) is 18.2 Å². The summed E-state index contributed by atoms with van der Waals surface area (Å²) in [6.45, 7) is 1.60. The molecule has 6 nitrogen and oxygen atoms in total. The monoisotopic (exact) mass is 494 g/mol. The Balaban J connectivity index is 1.87. The molecule has 0 saturated heterocycles. The van der Waals surface area contributed by atoms with Crippen molar-refractivity contribution in [3.63, 3.8) is 0 Å². The van der Waals surface area contributed by atoms with Gasteiger partial charge in [0.1, 0.15) is 5.82 Å². The summed E-state index contributed by atoms with van der Waals surface area (Å²) >= 11 is 3.21. The van der Waals surface area contributed by atoms with Crippen LogP contribution < -0.4 is 10.6 Å². The van der Waals surface area contributed by atoms with E-state index in [0.717, 1.165) is 30.7 Å². The summed E-state index contributed by atoms with van der Waals surface area (Å²) in [4.78, 5) is 15.2. The molecule has 0 aliphatic carbocycles. The van der Waals surface area contributed by atoms with Crippen LogP contribution >= 0.6 is 15.9 Å². The quantitative estimate of drug-likeness (QED) is 0.407. The highest BCUT2D eigenvalue weighted by molar-refractivity contribution is 9.10. The molecule has 10 heteroatoms. The largest absolute Gasteiger partial charge is 0.416 e. The van der Waals surface area contributed by atoms with Gasteiger partial charge in [0.05, 0.1) is 16.9 Å². The molecule has 0 aliphatic heterocycles. The van der Waals surface area contributed by atoms with Crippen molar-refractivity contribution < 1.29 is 13.2 Å². The summed E-state index contributed by atoms with van der Waals surface area (Å²) in [5.74, 6) is 0.885. The highest BCUT2D eigenvalue weighted by Crippen LogP contribution is 2.35. The predicted molar refractivity (Wildman–Crippen MR) is 119 cm³/mol. The summed E-state index contributed by atoms with van der Waals surface area (Å²) in [6.07, 6.45) is -0.167. The van der Waals surface area contributed by atoms with E-state index in [1.54, 1.807) is 18.5 Å². The maximum absolute atomic E-state index is 12.9. The van der Waals surface area contributed by atoms with Gasteiger partial charge in [-0.15, -0.1) is 0 Å². The first kappa shape index (κ1) is 23.0. The molecule has 0 spiro atoms. The lowest BCUT2D eigenvalue weighted by Crippen LogP contribution is -2.17. The van der Waals surface area contributed by atoms with E-state index in [9.17, 15) is 13.2 Å². The van der Waals surface area contributed by atoms with Crippen LogP contribution in [0.15, 0.2) is 53.3 Å². The van der Waals surface area contributed by atoms with Gasteiger partial charge in [0.15, 0.2) is 0 Å². The molecule has 2 heterocycles. The molecule has 3 aromatic rings. The van der Waals surface area contributed by atoms with Crippen molar-refractivity contribution in [2.75, 3.05) is 37.8 Å². The van der Waals surface area contributed by atoms with Gasteiger partial charge >= 0.3 is 6.18 Å². The highest BCUT2D eigenvalue weighted by atomic mass is 79.9. The number of rotatable bonds is 8. The lowest BCUT2D eigenvalue weighted by Gasteiger charge is -2.14. The number of pyridine rings is 1. The molecule has 3 rings (SSSR count). The second-order valence-electron chi connectivity index (χ2n) is 7.10. The fourth-order valence-corrected chi connectivity index (χ4v) is 3.27. The van der Waals surface area contributed by atoms with E-state index in [4.69, 9.17) is 0 Å². The Hall–Kier alpha value is -2.72. The van der Waals surface area contributed by atoms with Crippen molar-refractivity contribution in [3.8, 4) is 11.3 Å². The van der Waals surface area contributed by atoms with Crippen LogP contribution in [0.2, 0.25) is 0 Å². The van der Waals surface area contributed by atoms with Crippen molar-refractivity contribution >= 4 is 33.4 Å². The van der Waals surface area contributed by atoms with E-state index >= 15 is 0 Å². The minimum atomic E-state index is -4.41. The molecular weight excluding hydrogens is 473 g/mol. The lowest BCUT2D eigenvalue weighted by molar-refractivity contribution is -0.137. The summed E-state index contributed by atoms with van der Waals surface area (Å²) in [5, 5.41) is 6.30. The van der Waals surface area contributed by atoms with Gasteiger partial charge in [0.25, 0.3) is 0 Å². The number of hydrogen-bond acceptors (Lipinski definition) is 6. The van der Waals surface area contributed by atoms with Crippen molar-refractivity contribution in [2.24, 2.45) is 0 Å². The Kier molecular flexibility index (Phi) is 7.45. The third-order valence-electron chi connectivity index (χ3n) is 4.33. The fourth-order valence-electron chi connectivity index (χ4n) is 2.79. The number of hydrogen-bond donors (Lipinski definition) is 2. The SMILES string of the molecule is CN(C)CCCNc1nc(Nc2ccc(C(F)(F)F)cc2Br)cc(-c2ccncc2)n1. The molecule has 2 aromatic heterocycles. The number of anilines is 3. The maximum atomic E-state index is 12.9. The van der Waals surface area contributed by atoms with Crippen molar-refractivity contribution in [1.82, 2.24) is 19.9 Å². The number of nitrogens with one attached hydrogen (secondary N) is 2. The molecule has 0 aliphatic rings. The molecule has 0 bridgehead atoms. The lowest BCUT2D eigenvalue weighted by atomic mass is 10.2. The molecule has 1 aromatic carbocycles. The standard InChI is InChI=1S/C21H22BrF3N6/c1-31(2)11-3-8-27-20-29-18(14-6-9-26-10-7-14)13-19(30-20)28-17-5-4-15(12-16(17)22)21(23,24)25/h4-7,9-10,12-13H,3,8,11H2,1-2H3,(H2,27,28,29,30). The van der Waals surface area contributed by atoms with Gasteiger partial charge < -0.3 is 15.5 Å². The smallest absolute Gasteiger partial charge is 0.354 e. The molecule has 164 valence electrons. The summed E-state index contributed by atoms with van der Waals surface area (Å²) < 4.78 is 39.1. The predicted octanol–water partition coefficient (Wildman–Crippen LogP) is 5.43. The minimum Gasteiger partial charge on any atom is -0.354 e. The van der Waals surface area contributed by atoms with E-state index < -0.39 is 11.7 Å². The average Bonchev–Trinajstić information content (AvgIpc) is 2.72. The molecular formula is C21H22BrF3N6. The van der Waals surface area contributed by atoms with Crippen LogP contribution in [0.4, 0.5) is 30.6 Å². The second kappa shape index (κ2) is 10.1. The van der Waals surface area contributed by atoms with Crippen molar-refractivity contribution in [2.45, 2.75) is 12.6 Å². The maximum Gasteiger partial charge on any atom is 0.416 e. The first-order valence-electron chi connectivity index (χ1n) is 9.54. The van der Waals surface area contributed by atoms with Gasteiger partial charge in [-0.05, 0) is 73.3 Å². The van der Waals surface area contributed by atoms with E-state index in [-0.39, 0.29) is 4.47 Å². The second-order valence-corrected chi connectivity index (χ2v) is 7.95. The number of nitrogens with zero attached hydrogens (tertiary/aromatic N) is 4. The van der Waals surface area contributed by atoms with Gasteiger partial charge in [-0.3, -0.25) is 4.98 Å². The minimum absolute atomic E-state index is 0.284. The molecule has 0 saturated carbocycles. The Bertz CT molecular complexity index is 1010. The van der Waals surface area contributed by atoms with E-state index in [1.807, 2.05) is 26.2 Å². The van der Waals surface area contributed by atoms with Crippen molar-refractivity contribution in [3.05, 3.63) is 58.8 Å². The van der Waals surface area contributed by atoms with Crippen LogP contribution in [0.25, 0.3) is 11.3 Å². The Morgan fingerprint density at radius 1 is 1.03 bits per heavy atom. The number of halogens is 4. The Morgan fingerprint density at radius 2 is 1.77 bits per heavy atom. The van der Waals surface area contributed by atoms with Crippen LogP contribution in [-0.2, 0) is 6.18 Å². The van der Waals surface area contributed by atoms with Crippen LogP contribution in [-0.4, -0.2) is 47.0 Å². The zero-order valence-electron chi connectivity index (χ0n) is 17.0. The summed E-state index contributed by atoms with van der Waals surface area (Å²) in [7, 11) is 4.01. The van der Waals surface area contributed by atoms with Gasteiger partial charge in [0, 0.05) is 35.0 Å². The van der Waals surface area contributed by atoms with Gasteiger partial charge in [-0.25, -0.2) is 4.98 Å². The molecule has 0 unspecified atom stereocenters. The van der Waals surface area contributed by atoms with Gasteiger partial charge in [-0.1, -0.05) is 0 Å². The highest BCUT2D eigenvalue weighted by Gasteiger charge is 2.30. The first-order valence-corrected chi connectivity index (χ1v) is 10.3. The molecule has 31 heavy (non-hydrogen) atoms. The number of alkyl halides is 3. The first-order chi connectivity index (χ1) is 14.7. The zero-order chi connectivity index (χ0) is 22.4. The van der Waals surface area contributed by atoms with Crippen LogP contribution in [0.5, 0.6) is 0 Å². The molecule has 0 amide bonds. The topological polar surface area (TPSA) is 66.0 Å². The molecule has 2 N–H and O–H groups in total. The summed E-state index contributed by atoms with van der Waals surface area (Å²) in [6, 6.07) is 8.83. The molecule has 0 atom stereocenters. The Morgan fingerprint density at radius 3 is 2.42 bits per heavy atom. The third-order valence-corrected chi connectivity index (χ3v) is 4.98. The van der Waals surface area contributed by atoms with Crippen LogP contribution in [0, 0.1) is 0 Å². The third kappa shape index (κ3) is 6.63. The normalized spacial score (nSPS) is 11.6. The average molecular weight is 495 g/mol. The van der Waals surface area contributed by atoms with Gasteiger partial charge in [0.2, 0.25) is 5.95 Å². The van der Waals surface area contributed by atoms with E-state index in [0.29, 0.717) is 29.7 Å². The fraction of sp³-hybridized carbons (Fsp3) is 0.286.